The third kappa shape index (κ3) is 7.19. The Morgan fingerprint density at radius 3 is 2.06 bits per heavy atom. The zero-order chi connectivity index (χ0) is 23.8. The van der Waals surface area contributed by atoms with Crippen LogP contribution in [0, 0.1) is 12.8 Å². The topological polar surface area (TPSA) is 49.4 Å². The van der Waals surface area contributed by atoms with Crippen molar-refractivity contribution in [1.82, 2.24) is 10.2 Å². The number of aryl methyl sites for hydroxylation is 1. The monoisotopic (exact) mass is 462 g/mol. The van der Waals surface area contributed by atoms with E-state index >= 15 is 0 Å². The van der Waals surface area contributed by atoms with Crippen molar-refractivity contribution in [2.24, 2.45) is 5.92 Å². The molecule has 0 aliphatic carbocycles. The van der Waals surface area contributed by atoms with Gasteiger partial charge in [-0.15, -0.1) is 0 Å². The standard InChI is InChI=1S/C28H31ClN2O2/c1-20(2)28(33)31(19-24-13-15-25(29)16-14-24)26(17-22-7-5-4-6-8-22)27(32)30-18-23-11-9-21(3)10-12-23/h4-16,20,26H,17-19H2,1-3H3,(H,30,32)/t26-/m0/s1. The lowest BCUT2D eigenvalue weighted by molar-refractivity contribution is -0.143. The van der Waals surface area contributed by atoms with Gasteiger partial charge in [-0.05, 0) is 35.7 Å². The molecule has 0 saturated carbocycles. The van der Waals surface area contributed by atoms with Crippen LogP contribution in [0.15, 0.2) is 78.9 Å². The first-order valence-electron chi connectivity index (χ1n) is 11.3. The minimum absolute atomic E-state index is 0.0589. The Kier molecular flexibility index (Phi) is 8.67. The molecule has 1 atom stereocenters. The molecule has 0 aliphatic heterocycles. The highest BCUT2D eigenvalue weighted by Crippen LogP contribution is 2.19. The Morgan fingerprint density at radius 2 is 1.45 bits per heavy atom. The van der Waals surface area contributed by atoms with E-state index in [1.54, 1.807) is 17.0 Å². The van der Waals surface area contributed by atoms with Crippen molar-refractivity contribution in [2.45, 2.75) is 46.3 Å². The summed E-state index contributed by atoms with van der Waals surface area (Å²) < 4.78 is 0. The first-order valence-corrected chi connectivity index (χ1v) is 11.6. The summed E-state index contributed by atoms with van der Waals surface area (Å²) in [6, 6.07) is 24.6. The van der Waals surface area contributed by atoms with Crippen molar-refractivity contribution >= 4 is 23.4 Å². The van der Waals surface area contributed by atoms with Gasteiger partial charge in [-0.1, -0.05) is 97.7 Å². The molecule has 0 fully saturated rings. The van der Waals surface area contributed by atoms with E-state index in [4.69, 9.17) is 11.6 Å². The van der Waals surface area contributed by atoms with Crippen LogP contribution in [0.2, 0.25) is 5.02 Å². The second-order valence-corrected chi connectivity index (χ2v) is 9.09. The largest absolute Gasteiger partial charge is 0.350 e. The van der Waals surface area contributed by atoms with Crippen molar-refractivity contribution in [3.05, 3.63) is 106 Å². The molecule has 0 aromatic heterocycles. The van der Waals surface area contributed by atoms with Gasteiger partial charge in [0.05, 0.1) is 0 Å². The predicted octanol–water partition coefficient (Wildman–Crippen LogP) is 5.56. The Morgan fingerprint density at radius 1 is 0.848 bits per heavy atom. The summed E-state index contributed by atoms with van der Waals surface area (Å²) in [5, 5.41) is 3.69. The molecule has 0 radical (unpaired) electrons. The van der Waals surface area contributed by atoms with Crippen molar-refractivity contribution in [3.63, 3.8) is 0 Å². The number of nitrogens with zero attached hydrogens (tertiary/aromatic N) is 1. The van der Waals surface area contributed by atoms with Crippen molar-refractivity contribution in [2.75, 3.05) is 0 Å². The normalized spacial score (nSPS) is 11.8. The van der Waals surface area contributed by atoms with Crippen LogP contribution in [0.4, 0.5) is 0 Å². The fraction of sp³-hybridized carbons (Fsp3) is 0.286. The quantitative estimate of drug-likeness (QED) is 0.452. The van der Waals surface area contributed by atoms with E-state index in [2.05, 4.69) is 5.32 Å². The number of rotatable bonds is 9. The van der Waals surface area contributed by atoms with Crippen LogP contribution >= 0.6 is 11.6 Å². The van der Waals surface area contributed by atoms with E-state index in [0.29, 0.717) is 24.5 Å². The van der Waals surface area contributed by atoms with E-state index in [1.807, 2.05) is 87.5 Å². The number of hydrogen-bond donors (Lipinski definition) is 1. The minimum atomic E-state index is -0.636. The van der Waals surface area contributed by atoms with Crippen LogP contribution in [0.1, 0.15) is 36.1 Å². The molecule has 0 bridgehead atoms. The smallest absolute Gasteiger partial charge is 0.243 e. The molecule has 0 unspecified atom stereocenters. The maximum atomic E-state index is 13.5. The fourth-order valence-electron chi connectivity index (χ4n) is 3.65. The molecular formula is C28H31ClN2O2. The summed E-state index contributed by atoms with van der Waals surface area (Å²) in [4.78, 5) is 28.5. The zero-order valence-corrected chi connectivity index (χ0v) is 20.2. The number of carbonyl (C=O) groups excluding carboxylic acids is 2. The summed E-state index contributed by atoms with van der Waals surface area (Å²) in [5.41, 5.74) is 4.12. The van der Waals surface area contributed by atoms with Crippen LogP contribution in [0.3, 0.4) is 0 Å². The first kappa shape index (κ1) is 24.5. The van der Waals surface area contributed by atoms with E-state index in [-0.39, 0.29) is 17.7 Å². The summed E-state index contributed by atoms with van der Waals surface area (Å²) >= 11 is 6.05. The number of benzene rings is 3. The second kappa shape index (κ2) is 11.7. The molecule has 5 heteroatoms. The molecule has 0 saturated heterocycles. The summed E-state index contributed by atoms with van der Waals surface area (Å²) in [7, 11) is 0. The maximum absolute atomic E-state index is 13.5. The lowest BCUT2D eigenvalue weighted by atomic mass is 10.0. The van der Waals surface area contributed by atoms with Gasteiger partial charge >= 0.3 is 0 Å². The second-order valence-electron chi connectivity index (χ2n) is 8.66. The Bertz CT molecular complexity index is 1050. The first-order chi connectivity index (χ1) is 15.8. The van der Waals surface area contributed by atoms with Crippen LogP contribution in [-0.4, -0.2) is 22.8 Å². The molecule has 172 valence electrons. The van der Waals surface area contributed by atoms with E-state index in [9.17, 15) is 9.59 Å². The van der Waals surface area contributed by atoms with Crippen LogP contribution < -0.4 is 5.32 Å². The van der Waals surface area contributed by atoms with Gasteiger partial charge in [0.15, 0.2) is 0 Å². The van der Waals surface area contributed by atoms with Gasteiger partial charge in [0.2, 0.25) is 11.8 Å². The Hall–Kier alpha value is -3.11. The van der Waals surface area contributed by atoms with Gasteiger partial charge in [-0.3, -0.25) is 9.59 Å². The summed E-state index contributed by atoms with van der Waals surface area (Å²) in [6.07, 6.45) is 0.437. The molecular weight excluding hydrogens is 432 g/mol. The highest BCUT2D eigenvalue weighted by molar-refractivity contribution is 6.30. The number of halogens is 1. The molecule has 2 amide bonds. The highest BCUT2D eigenvalue weighted by atomic mass is 35.5. The van der Waals surface area contributed by atoms with Crippen LogP contribution in [-0.2, 0) is 29.1 Å². The summed E-state index contributed by atoms with van der Waals surface area (Å²) in [6.45, 7) is 6.51. The molecule has 33 heavy (non-hydrogen) atoms. The predicted molar refractivity (Wildman–Crippen MR) is 134 cm³/mol. The van der Waals surface area contributed by atoms with Crippen molar-refractivity contribution in [3.8, 4) is 0 Å². The minimum Gasteiger partial charge on any atom is -0.350 e. The Labute approximate surface area is 201 Å². The molecule has 3 aromatic rings. The number of hydrogen-bond acceptors (Lipinski definition) is 2. The Balaban J connectivity index is 1.88. The van der Waals surface area contributed by atoms with Crippen molar-refractivity contribution < 1.29 is 9.59 Å². The molecule has 1 N–H and O–H groups in total. The number of amides is 2. The third-order valence-electron chi connectivity index (χ3n) is 5.58. The van der Waals surface area contributed by atoms with E-state index < -0.39 is 6.04 Å². The van der Waals surface area contributed by atoms with Gasteiger partial charge in [0.25, 0.3) is 0 Å². The lowest BCUT2D eigenvalue weighted by Crippen LogP contribution is -2.51. The molecule has 0 heterocycles. The van der Waals surface area contributed by atoms with Gasteiger partial charge in [-0.2, -0.15) is 0 Å². The van der Waals surface area contributed by atoms with Crippen molar-refractivity contribution in [1.29, 1.82) is 0 Å². The molecule has 3 aromatic carbocycles. The average molecular weight is 463 g/mol. The molecule has 0 aliphatic rings. The fourth-order valence-corrected chi connectivity index (χ4v) is 3.78. The van der Waals surface area contributed by atoms with Crippen LogP contribution in [0.25, 0.3) is 0 Å². The number of carbonyl (C=O) groups is 2. The lowest BCUT2D eigenvalue weighted by Gasteiger charge is -2.33. The van der Waals surface area contributed by atoms with Gasteiger partial charge in [0, 0.05) is 30.5 Å². The van der Waals surface area contributed by atoms with E-state index in [1.165, 1.54) is 5.56 Å². The zero-order valence-electron chi connectivity index (χ0n) is 19.4. The van der Waals surface area contributed by atoms with Gasteiger partial charge < -0.3 is 10.2 Å². The highest BCUT2D eigenvalue weighted by Gasteiger charge is 2.31. The SMILES string of the molecule is Cc1ccc(CNC(=O)[C@H](Cc2ccccc2)N(Cc2ccc(Cl)cc2)C(=O)C(C)C)cc1. The van der Waals surface area contributed by atoms with Crippen LogP contribution in [0.5, 0.6) is 0 Å². The van der Waals surface area contributed by atoms with E-state index in [0.717, 1.165) is 16.7 Å². The number of nitrogens with one attached hydrogen (secondary N) is 1. The summed E-state index contributed by atoms with van der Waals surface area (Å²) in [5.74, 6) is -0.459. The molecule has 4 nitrogen and oxygen atoms in total. The maximum Gasteiger partial charge on any atom is 0.243 e. The average Bonchev–Trinajstić information content (AvgIpc) is 2.82. The van der Waals surface area contributed by atoms with Gasteiger partial charge in [0.1, 0.15) is 6.04 Å². The molecule has 3 rings (SSSR count). The third-order valence-corrected chi connectivity index (χ3v) is 5.83. The molecule has 0 spiro atoms. The van der Waals surface area contributed by atoms with Gasteiger partial charge in [-0.25, -0.2) is 0 Å².